The molecular weight excluding hydrogens is 390 g/mol. The number of rotatable bonds is 5. The van der Waals surface area contributed by atoms with E-state index >= 15 is 0 Å². The SMILES string of the molecule is CCN1c2cc(OC)c(/C=N/NC(=O)c3cc4ccccc4o3)cc2C(C)CC1(C)C. The van der Waals surface area contributed by atoms with Gasteiger partial charge in [0.2, 0.25) is 0 Å². The Bertz CT molecular complexity index is 1110. The summed E-state index contributed by atoms with van der Waals surface area (Å²) in [6.45, 7) is 9.93. The Labute approximate surface area is 182 Å². The number of carbonyl (C=O) groups is 1. The number of furan rings is 1. The Morgan fingerprint density at radius 2 is 2.10 bits per heavy atom. The molecule has 4 rings (SSSR count). The predicted molar refractivity (Wildman–Crippen MR) is 124 cm³/mol. The van der Waals surface area contributed by atoms with E-state index in [4.69, 9.17) is 9.15 Å². The molecule has 1 unspecified atom stereocenters. The number of hydrogen-bond acceptors (Lipinski definition) is 5. The zero-order valence-electron chi connectivity index (χ0n) is 18.7. The lowest BCUT2D eigenvalue weighted by atomic mass is 9.79. The normalized spacial score (nSPS) is 17.7. The van der Waals surface area contributed by atoms with E-state index in [-0.39, 0.29) is 11.3 Å². The van der Waals surface area contributed by atoms with E-state index in [9.17, 15) is 4.79 Å². The van der Waals surface area contributed by atoms with Gasteiger partial charge in [-0.15, -0.1) is 0 Å². The zero-order chi connectivity index (χ0) is 22.2. The number of methoxy groups -OCH3 is 1. The predicted octanol–water partition coefficient (Wildman–Crippen LogP) is 5.32. The minimum absolute atomic E-state index is 0.0857. The van der Waals surface area contributed by atoms with Gasteiger partial charge in [0.05, 0.1) is 13.3 Å². The molecule has 0 aliphatic carbocycles. The molecule has 0 spiro atoms. The third kappa shape index (κ3) is 3.90. The number of para-hydroxylation sites is 1. The molecule has 1 N–H and O–H groups in total. The van der Waals surface area contributed by atoms with Gasteiger partial charge in [0, 0.05) is 34.8 Å². The van der Waals surface area contributed by atoms with Gasteiger partial charge in [0.15, 0.2) is 5.76 Å². The van der Waals surface area contributed by atoms with Crippen LogP contribution in [0, 0.1) is 0 Å². The minimum Gasteiger partial charge on any atom is -0.496 e. The summed E-state index contributed by atoms with van der Waals surface area (Å²) in [6, 6.07) is 13.4. The molecule has 1 atom stereocenters. The van der Waals surface area contributed by atoms with Gasteiger partial charge in [-0.3, -0.25) is 4.79 Å². The number of hydrazone groups is 1. The second kappa shape index (κ2) is 8.10. The standard InChI is InChI=1S/C25H29N3O3/c1-6-28-20-13-22(30-5)18(11-19(20)16(2)14-25(28,3)4)15-26-27-24(29)23-12-17-9-7-8-10-21(17)31-23/h7-13,15-16H,6,14H2,1-5H3,(H,27,29)/b26-15+. The number of hydrogen-bond donors (Lipinski definition) is 1. The molecule has 3 aromatic rings. The summed E-state index contributed by atoms with van der Waals surface area (Å²) in [5, 5.41) is 5.04. The number of nitrogens with one attached hydrogen (secondary N) is 1. The first-order valence-electron chi connectivity index (χ1n) is 10.7. The molecule has 162 valence electrons. The first kappa shape index (κ1) is 21.0. The quantitative estimate of drug-likeness (QED) is 0.449. The molecule has 0 radical (unpaired) electrons. The molecular formula is C25H29N3O3. The highest BCUT2D eigenvalue weighted by molar-refractivity contribution is 5.96. The Kier molecular flexibility index (Phi) is 5.48. The molecule has 0 bridgehead atoms. The molecule has 6 heteroatoms. The van der Waals surface area contributed by atoms with Crippen LogP contribution in [0.2, 0.25) is 0 Å². The molecule has 1 aliphatic heterocycles. The van der Waals surface area contributed by atoms with Crippen molar-refractivity contribution in [1.29, 1.82) is 0 Å². The van der Waals surface area contributed by atoms with Crippen LogP contribution < -0.4 is 15.1 Å². The van der Waals surface area contributed by atoms with Crippen LogP contribution in [0.4, 0.5) is 5.69 Å². The topological polar surface area (TPSA) is 67.1 Å². The van der Waals surface area contributed by atoms with Crippen LogP contribution in [0.1, 0.15) is 61.7 Å². The van der Waals surface area contributed by atoms with Crippen LogP contribution in [-0.4, -0.2) is 31.3 Å². The summed E-state index contributed by atoms with van der Waals surface area (Å²) < 4.78 is 11.2. The average Bonchev–Trinajstić information content (AvgIpc) is 3.17. The van der Waals surface area contributed by atoms with E-state index in [2.05, 4.69) is 55.3 Å². The van der Waals surface area contributed by atoms with Crippen LogP contribution in [0.15, 0.2) is 52.0 Å². The maximum atomic E-state index is 12.4. The van der Waals surface area contributed by atoms with E-state index in [1.807, 2.05) is 24.3 Å². The monoisotopic (exact) mass is 419 g/mol. The lowest BCUT2D eigenvalue weighted by molar-refractivity contribution is 0.0929. The highest BCUT2D eigenvalue weighted by Gasteiger charge is 2.36. The second-order valence-electron chi connectivity index (χ2n) is 8.66. The van der Waals surface area contributed by atoms with Crippen LogP contribution >= 0.6 is 0 Å². The molecule has 0 saturated heterocycles. The van der Waals surface area contributed by atoms with E-state index in [1.165, 1.54) is 11.3 Å². The molecule has 6 nitrogen and oxygen atoms in total. The largest absolute Gasteiger partial charge is 0.496 e. The van der Waals surface area contributed by atoms with Crippen molar-refractivity contribution in [2.24, 2.45) is 5.10 Å². The first-order valence-corrected chi connectivity index (χ1v) is 10.7. The Morgan fingerprint density at radius 1 is 1.32 bits per heavy atom. The van der Waals surface area contributed by atoms with Gasteiger partial charge < -0.3 is 14.1 Å². The van der Waals surface area contributed by atoms with Crippen molar-refractivity contribution in [3.8, 4) is 5.75 Å². The molecule has 1 amide bonds. The Morgan fingerprint density at radius 3 is 2.81 bits per heavy atom. The summed E-state index contributed by atoms with van der Waals surface area (Å²) in [4.78, 5) is 14.9. The van der Waals surface area contributed by atoms with Crippen LogP contribution in [0.3, 0.4) is 0 Å². The lowest BCUT2D eigenvalue weighted by Gasteiger charge is -2.47. The number of ether oxygens (including phenoxy) is 1. The molecule has 1 aromatic heterocycles. The van der Waals surface area contributed by atoms with Crippen molar-refractivity contribution in [2.45, 2.75) is 45.6 Å². The third-order valence-electron chi connectivity index (χ3n) is 6.07. The van der Waals surface area contributed by atoms with Gasteiger partial charge in [-0.1, -0.05) is 25.1 Å². The third-order valence-corrected chi connectivity index (χ3v) is 6.07. The summed E-state index contributed by atoms with van der Waals surface area (Å²) in [6.07, 6.45) is 2.70. The fourth-order valence-corrected chi connectivity index (χ4v) is 4.71. The van der Waals surface area contributed by atoms with Crippen molar-refractivity contribution >= 4 is 28.8 Å². The summed E-state index contributed by atoms with van der Waals surface area (Å²) in [7, 11) is 1.65. The number of fused-ring (bicyclic) bond motifs is 2. The molecule has 0 fully saturated rings. The maximum Gasteiger partial charge on any atom is 0.307 e. The highest BCUT2D eigenvalue weighted by atomic mass is 16.5. The fourth-order valence-electron chi connectivity index (χ4n) is 4.71. The lowest BCUT2D eigenvalue weighted by Crippen LogP contribution is -2.48. The van der Waals surface area contributed by atoms with Crippen LogP contribution in [0.25, 0.3) is 11.0 Å². The molecule has 31 heavy (non-hydrogen) atoms. The van der Waals surface area contributed by atoms with E-state index in [0.717, 1.165) is 29.7 Å². The van der Waals surface area contributed by atoms with E-state index < -0.39 is 5.91 Å². The Hall–Kier alpha value is -3.28. The van der Waals surface area contributed by atoms with Gasteiger partial charge in [-0.2, -0.15) is 5.10 Å². The van der Waals surface area contributed by atoms with Crippen molar-refractivity contribution in [2.75, 3.05) is 18.6 Å². The highest BCUT2D eigenvalue weighted by Crippen LogP contribution is 2.45. The molecule has 1 aliphatic rings. The minimum atomic E-state index is -0.392. The number of carbonyl (C=O) groups excluding carboxylic acids is 1. The fraction of sp³-hybridized carbons (Fsp3) is 0.360. The van der Waals surface area contributed by atoms with Gasteiger partial charge in [0.25, 0.3) is 0 Å². The molecule has 0 saturated carbocycles. The smallest absolute Gasteiger partial charge is 0.307 e. The van der Waals surface area contributed by atoms with Crippen molar-refractivity contribution < 1.29 is 13.9 Å². The van der Waals surface area contributed by atoms with Crippen LogP contribution in [0.5, 0.6) is 5.75 Å². The second-order valence-corrected chi connectivity index (χ2v) is 8.66. The zero-order valence-corrected chi connectivity index (χ0v) is 18.7. The average molecular weight is 420 g/mol. The summed E-state index contributed by atoms with van der Waals surface area (Å²) in [5.41, 5.74) is 6.61. The molecule has 2 aromatic carbocycles. The molecule has 2 heterocycles. The number of benzene rings is 2. The number of amides is 1. The van der Waals surface area contributed by atoms with Crippen molar-refractivity contribution in [3.63, 3.8) is 0 Å². The van der Waals surface area contributed by atoms with E-state index in [0.29, 0.717) is 11.5 Å². The van der Waals surface area contributed by atoms with Gasteiger partial charge >= 0.3 is 5.91 Å². The van der Waals surface area contributed by atoms with E-state index in [1.54, 1.807) is 19.4 Å². The summed E-state index contributed by atoms with van der Waals surface area (Å²) in [5.74, 6) is 0.974. The Balaban J connectivity index is 1.59. The van der Waals surface area contributed by atoms with Gasteiger partial charge in [-0.25, -0.2) is 5.43 Å². The number of anilines is 1. The van der Waals surface area contributed by atoms with Gasteiger partial charge in [0.1, 0.15) is 11.3 Å². The van der Waals surface area contributed by atoms with Crippen LogP contribution in [-0.2, 0) is 0 Å². The maximum absolute atomic E-state index is 12.4. The van der Waals surface area contributed by atoms with Crippen molar-refractivity contribution in [1.82, 2.24) is 5.43 Å². The summed E-state index contributed by atoms with van der Waals surface area (Å²) >= 11 is 0. The van der Waals surface area contributed by atoms with Gasteiger partial charge in [-0.05, 0) is 56.9 Å². The number of nitrogens with zero attached hydrogens (tertiary/aromatic N) is 2. The van der Waals surface area contributed by atoms with Crippen molar-refractivity contribution in [3.05, 3.63) is 59.4 Å². The first-order chi connectivity index (χ1) is 14.8.